The van der Waals surface area contributed by atoms with Crippen LogP contribution in [0.4, 0.5) is 11.4 Å². The molecule has 0 aliphatic carbocycles. The monoisotopic (exact) mass is 281 g/mol. The van der Waals surface area contributed by atoms with Crippen LogP contribution in [0.5, 0.6) is 0 Å². The molecular weight excluding hydrogens is 266 g/mol. The molecule has 2 N–H and O–H groups in total. The average molecular weight is 281 g/mol. The third-order valence-electron chi connectivity index (χ3n) is 2.77. The first kappa shape index (κ1) is 15.4. The lowest BCUT2D eigenvalue weighted by Crippen LogP contribution is -2.35. The van der Waals surface area contributed by atoms with Crippen LogP contribution >= 0.6 is 0 Å². The third kappa shape index (κ3) is 3.44. The topological polar surface area (TPSA) is 113 Å². The van der Waals surface area contributed by atoms with Gasteiger partial charge in [-0.2, -0.15) is 0 Å². The van der Waals surface area contributed by atoms with Gasteiger partial charge in [-0.05, 0) is 19.1 Å². The van der Waals surface area contributed by atoms with Gasteiger partial charge in [0.15, 0.2) is 0 Å². The van der Waals surface area contributed by atoms with Crippen molar-refractivity contribution in [1.29, 1.82) is 0 Å². The standard InChI is InChI=1S/C12H15N3O5/c1-3-14(7-11(16)13-2)8-4-5-9(12(17)18)10(6-8)15(19)20/h4-6H,3,7H2,1-2H3,(H,13,16)(H,17,18). The first-order valence-corrected chi connectivity index (χ1v) is 5.88. The number of nitro groups is 1. The molecule has 0 saturated heterocycles. The Morgan fingerprint density at radius 2 is 2.10 bits per heavy atom. The van der Waals surface area contributed by atoms with Gasteiger partial charge < -0.3 is 15.3 Å². The average Bonchev–Trinajstić information content (AvgIpc) is 2.43. The molecule has 0 bridgehead atoms. The van der Waals surface area contributed by atoms with Gasteiger partial charge in [-0.3, -0.25) is 14.9 Å². The third-order valence-corrected chi connectivity index (χ3v) is 2.77. The zero-order valence-electron chi connectivity index (χ0n) is 11.1. The molecule has 8 nitrogen and oxygen atoms in total. The van der Waals surface area contributed by atoms with Crippen LogP contribution in [-0.4, -0.2) is 42.0 Å². The molecule has 0 heterocycles. The van der Waals surface area contributed by atoms with E-state index in [2.05, 4.69) is 5.32 Å². The number of nitro benzene ring substituents is 1. The highest BCUT2D eigenvalue weighted by molar-refractivity contribution is 5.93. The summed E-state index contributed by atoms with van der Waals surface area (Å²) in [4.78, 5) is 34.1. The van der Waals surface area contributed by atoms with Gasteiger partial charge in [0, 0.05) is 25.3 Å². The molecule has 108 valence electrons. The number of aromatic carboxylic acids is 1. The molecule has 0 atom stereocenters. The van der Waals surface area contributed by atoms with Crippen molar-refractivity contribution in [2.24, 2.45) is 0 Å². The van der Waals surface area contributed by atoms with Gasteiger partial charge in [-0.15, -0.1) is 0 Å². The molecule has 0 aliphatic rings. The van der Waals surface area contributed by atoms with E-state index >= 15 is 0 Å². The fourth-order valence-electron chi connectivity index (χ4n) is 1.69. The van der Waals surface area contributed by atoms with Gasteiger partial charge in [-0.1, -0.05) is 0 Å². The van der Waals surface area contributed by atoms with E-state index in [9.17, 15) is 19.7 Å². The summed E-state index contributed by atoms with van der Waals surface area (Å²) in [5.74, 6) is -1.60. The Morgan fingerprint density at radius 1 is 1.45 bits per heavy atom. The number of rotatable bonds is 6. The van der Waals surface area contributed by atoms with Crippen LogP contribution in [0.25, 0.3) is 0 Å². The number of carbonyl (C=O) groups is 2. The summed E-state index contributed by atoms with van der Waals surface area (Å²) in [5.41, 5.74) is -0.451. The largest absolute Gasteiger partial charge is 0.477 e. The lowest BCUT2D eigenvalue weighted by Gasteiger charge is -2.22. The minimum atomic E-state index is -1.36. The number of amides is 1. The number of likely N-dealkylation sites (N-methyl/N-ethyl adjacent to an activating group) is 2. The van der Waals surface area contributed by atoms with E-state index in [1.807, 2.05) is 0 Å². The SMILES string of the molecule is CCN(CC(=O)NC)c1ccc(C(=O)O)c([N+](=O)[O-])c1. The minimum absolute atomic E-state index is 0.0383. The number of carboxylic acid groups (broad SMARTS) is 1. The number of carbonyl (C=O) groups excluding carboxylic acids is 1. The number of nitrogens with zero attached hydrogens (tertiary/aromatic N) is 2. The Morgan fingerprint density at radius 3 is 2.55 bits per heavy atom. The predicted molar refractivity (Wildman–Crippen MR) is 72.0 cm³/mol. The molecule has 1 amide bonds. The number of nitrogens with one attached hydrogen (secondary N) is 1. The summed E-state index contributed by atoms with van der Waals surface area (Å²) in [6.07, 6.45) is 0. The fraction of sp³-hybridized carbons (Fsp3) is 0.333. The second-order valence-electron chi connectivity index (χ2n) is 3.95. The number of anilines is 1. The maximum atomic E-state index is 11.4. The van der Waals surface area contributed by atoms with Crippen molar-refractivity contribution in [3.8, 4) is 0 Å². The lowest BCUT2D eigenvalue weighted by atomic mass is 10.1. The van der Waals surface area contributed by atoms with Crippen LogP contribution < -0.4 is 10.2 Å². The molecule has 0 saturated carbocycles. The maximum absolute atomic E-state index is 11.4. The molecule has 0 spiro atoms. The van der Waals surface area contributed by atoms with E-state index in [1.165, 1.54) is 19.2 Å². The van der Waals surface area contributed by atoms with E-state index in [0.29, 0.717) is 12.2 Å². The minimum Gasteiger partial charge on any atom is -0.477 e. The van der Waals surface area contributed by atoms with Crippen molar-refractivity contribution in [3.05, 3.63) is 33.9 Å². The van der Waals surface area contributed by atoms with E-state index in [1.54, 1.807) is 11.8 Å². The highest BCUT2D eigenvalue weighted by Gasteiger charge is 2.21. The second kappa shape index (κ2) is 6.50. The Labute approximate surface area is 115 Å². The van der Waals surface area contributed by atoms with Crippen LogP contribution in [0.1, 0.15) is 17.3 Å². The van der Waals surface area contributed by atoms with Gasteiger partial charge in [0.1, 0.15) is 5.56 Å². The van der Waals surface area contributed by atoms with Gasteiger partial charge in [0.25, 0.3) is 5.69 Å². The number of carboxylic acids is 1. The molecule has 1 aromatic rings. The highest BCUT2D eigenvalue weighted by Crippen LogP contribution is 2.25. The van der Waals surface area contributed by atoms with Crippen molar-refractivity contribution in [1.82, 2.24) is 5.32 Å². The van der Waals surface area contributed by atoms with Gasteiger partial charge >= 0.3 is 5.97 Å². The lowest BCUT2D eigenvalue weighted by molar-refractivity contribution is -0.385. The number of hydrogen-bond acceptors (Lipinski definition) is 5. The van der Waals surface area contributed by atoms with Gasteiger partial charge in [0.05, 0.1) is 11.5 Å². The number of benzene rings is 1. The Bertz CT molecular complexity index is 544. The molecule has 8 heteroatoms. The molecule has 0 aromatic heterocycles. The Hall–Kier alpha value is -2.64. The van der Waals surface area contributed by atoms with Crippen molar-refractivity contribution in [2.75, 3.05) is 25.0 Å². The number of hydrogen-bond donors (Lipinski definition) is 2. The summed E-state index contributed by atoms with van der Waals surface area (Å²) in [5, 5.41) is 22.3. The van der Waals surface area contributed by atoms with Crippen LogP contribution in [0.2, 0.25) is 0 Å². The summed E-state index contributed by atoms with van der Waals surface area (Å²) < 4.78 is 0. The second-order valence-corrected chi connectivity index (χ2v) is 3.95. The molecule has 0 radical (unpaired) electrons. The molecule has 0 aliphatic heterocycles. The van der Waals surface area contributed by atoms with E-state index in [0.717, 1.165) is 6.07 Å². The zero-order valence-corrected chi connectivity index (χ0v) is 11.1. The normalized spacial score (nSPS) is 9.90. The molecule has 0 fully saturated rings. The molecule has 1 aromatic carbocycles. The smallest absolute Gasteiger partial charge is 0.342 e. The van der Waals surface area contributed by atoms with Crippen LogP contribution in [-0.2, 0) is 4.79 Å². The van der Waals surface area contributed by atoms with E-state index in [4.69, 9.17) is 5.11 Å². The Balaban J connectivity index is 3.18. The predicted octanol–water partition coefficient (Wildman–Crippen LogP) is 0.865. The van der Waals surface area contributed by atoms with Gasteiger partial charge in [-0.25, -0.2) is 4.79 Å². The van der Waals surface area contributed by atoms with Crippen LogP contribution in [0, 0.1) is 10.1 Å². The van der Waals surface area contributed by atoms with Crippen molar-refractivity contribution in [3.63, 3.8) is 0 Å². The van der Waals surface area contributed by atoms with E-state index < -0.39 is 16.6 Å². The van der Waals surface area contributed by atoms with Crippen LogP contribution in [0.15, 0.2) is 18.2 Å². The molecule has 1 rings (SSSR count). The summed E-state index contributed by atoms with van der Waals surface area (Å²) >= 11 is 0. The quantitative estimate of drug-likeness (QED) is 0.590. The summed E-state index contributed by atoms with van der Waals surface area (Å²) in [7, 11) is 1.49. The van der Waals surface area contributed by atoms with Crippen molar-refractivity contribution >= 4 is 23.3 Å². The maximum Gasteiger partial charge on any atom is 0.342 e. The fourth-order valence-corrected chi connectivity index (χ4v) is 1.69. The van der Waals surface area contributed by atoms with E-state index in [-0.39, 0.29) is 18.0 Å². The van der Waals surface area contributed by atoms with Crippen molar-refractivity contribution in [2.45, 2.75) is 6.92 Å². The summed E-state index contributed by atoms with van der Waals surface area (Å²) in [6, 6.07) is 3.78. The van der Waals surface area contributed by atoms with Crippen molar-refractivity contribution < 1.29 is 19.6 Å². The highest BCUT2D eigenvalue weighted by atomic mass is 16.6. The first-order chi connectivity index (χ1) is 9.40. The van der Waals surface area contributed by atoms with Crippen LogP contribution in [0.3, 0.4) is 0 Å². The Kier molecular flexibility index (Phi) is 5.01. The van der Waals surface area contributed by atoms with Gasteiger partial charge in [0.2, 0.25) is 5.91 Å². The molecular formula is C12H15N3O5. The zero-order chi connectivity index (χ0) is 15.3. The molecule has 20 heavy (non-hydrogen) atoms. The first-order valence-electron chi connectivity index (χ1n) is 5.88. The summed E-state index contributed by atoms with van der Waals surface area (Å²) in [6.45, 7) is 2.29. The molecule has 0 unspecified atom stereocenters.